The fourth-order valence-electron chi connectivity index (χ4n) is 2.61. The summed E-state index contributed by atoms with van der Waals surface area (Å²) in [5.74, 6) is 7.84. The lowest BCUT2D eigenvalue weighted by Gasteiger charge is -2.22. The zero-order chi connectivity index (χ0) is 12.3. The number of hydrogen-bond acceptors (Lipinski definition) is 4. The van der Waals surface area contributed by atoms with Crippen LogP contribution in [-0.2, 0) is 6.42 Å². The molecule has 4 heteroatoms. The summed E-state index contributed by atoms with van der Waals surface area (Å²) in [5.41, 5.74) is 4.90. The standard InChI is InChI=1S/C13H22N4/c1-3-11-9(2)12(17-14)16-13(15-11)10-7-5-4-6-8-10/h10H,3-8,14H2,1-2H3,(H,15,16,17). The molecule has 0 aliphatic heterocycles. The third-order valence-electron chi connectivity index (χ3n) is 3.71. The molecule has 1 fully saturated rings. The monoisotopic (exact) mass is 234 g/mol. The van der Waals surface area contributed by atoms with Crippen molar-refractivity contribution in [3.63, 3.8) is 0 Å². The molecule has 0 radical (unpaired) electrons. The van der Waals surface area contributed by atoms with Crippen LogP contribution in [0.5, 0.6) is 0 Å². The van der Waals surface area contributed by atoms with E-state index in [1.807, 2.05) is 6.92 Å². The van der Waals surface area contributed by atoms with Gasteiger partial charge in [0.25, 0.3) is 0 Å². The van der Waals surface area contributed by atoms with E-state index in [2.05, 4.69) is 17.3 Å². The number of aromatic nitrogens is 2. The Labute approximate surface area is 103 Å². The van der Waals surface area contributed by atoms with E-state index < -0.39 is 0 Å². The summed E-state index contributed by atoms with van der Waals surface area (Å²) in [6.45, 7) is 4.15. The number of rotatable bonds is 3. The minimum absolute atomic E-state index is 0.529. The lowest BCUT2D eigenvalue weighted by atomic mass is 9.88. The molecular weight excluding hydrogens is 212 g/mol. The van der Waals surface area contributed by atoms with E-state index in [0.29, 0.717) is 5.92 Å². The molecule has 0 bridgehead atoms. The fraction of sp³-hybridized carbons (Fsp3) is 0.692. The van der Waals surface area contributed by atoms with Crippen LogP contribution in [-0.4, -0.2) is 9.97 Å². The molecule has 0 spiro atoms. The predicted molar refractivity (Wildman–Crippen MR) is 69.8 cm³/mol. The van der Waals surface area contributed by atoms with E-state index in [1.54, 1.807) is 0 Å². The molecule has 2 rings (SSSR count). The maximum Gasteiger partial charge on any atom is 0.146 e. The zero-order valence-electron chi connectivity index (χ0n) is 10.8. The molecule has 0 saturated heterocycles. The van der Waals surface area contributed by atoms with Crippen LogP contribution in [0.15, 0.2) is 0 Å². The highest BCUT2D eigenvalue weighted by Gasteiger charge is 2.20. The molecule has 17 heavy (non-hydrogen) atoms. The van der Waals surface area contributed by atoms with Crippen LogP contribution in [0.1, 0.15) is 62.0 Å². The van der Waals surface area contributed by atoms with Gasteiger partial charge in [-0.3, -0.25) is 0 Å². The van der Waals surface area contributed by atoms with Gasteiger partial charge in [-0.2, -0.15) is 0 Å². The fourth-order valence-corrected chi connectivity index (χ4v) is 2.61. The molecule has 1 heterocycles. The molecule has 1 aliphatic rings. The van der Waals surface area contributed by atoms with Crippen molar-refractivity contribution >= 4 is 5.82 Å². The van der Waals surface area contributed by atoms with Gasteiger partial charge in [0.1, 0.15) is 11.6 Å². The van der Waals surface area contributed by atoms with Crippen LogP contribution in [0.4, 0.5) is 5.82 Å². The second-order valence-electron chi connectivity index (χ2n) is 4.83. The van der Waals surface area contributed by atoms with Crippen molar-refractivity contribution in [2.75, 3.05) is 5.43 Å². The molecule has 1 saturated carbocycles. The van der Waals surface area contributed by atoms with Gasteiger partial charge in [0, 0.05) is 17.2 Å². The molecule has 4 nitrogen and oxygen atoms in total. The summed E-state index contributed by atoms with van der Waals surface area (Å²) in [6, 6.07) is 0. The maximum atomic E-state index is 5.53. The van der Waals surface area contributed by atoms with E-state index in [0.717, 1.165) is 29.3 Å². The first-order valence-electron chi connectivity index (χ1n) is 6.60. The first-order chi connectivity index (χ1) is 8.26. The average Bonchev–Trinajstić information content (AvgIpc) is 2.40. The normalized spacial score (nSPS) is 17.1. The molecular formula is C13H22N4. The Balaban J connectivity index is 2.33. The van der Waals surface area contributed by atoms with Gasteiger partial charge in [0.05, 0.1) is 0 Å². The SMILES string of the molecule is CCc1nc(C2CCCCC2)nc(NN)c1C. The third kappa shape index (κ3) is 2.57. The van der Waals surface area contributed by atoms with Gasteiger partial charge < -0.3 is 5.43 Å². The van der Waals surface area contributed by atoms with Crippen LogP contribution in [0.3, 0.4) is 0 Å². The van der Waals surface area contributed by atoms with Crippen molar-refractivity contribution < 1.29 is 0 Å². The van der Waals surface area contributed by atoms with E-state index >= 15 is 0 Å². The van der Waals surface area contributed by atoms with Crippen LogP contribution in [0.2, 0.25) is 0 Å². The summed E-state index contributed by atoms with van der Waals surface area (Å²) in [7, 11) is 0. The quantitative estimate of drug-likeness (QED) is 0.623. The minimum atomic E-state index is 0.529. The number of anilines is 1. The Morgan fingerprint density at radius 1 is 1.24 bits per heavy atom. The molecule has 3 N–H and O–H groups in total. The first kappa shape index (κ1) is 12.3. The molecule has 0 atom stereocenters. The van der Waals surface area contributed by atoms with Crippen LogP contribution < -0.4 is 11.3 Å². The summed E-state index contributed by atoms with van der Waals surface area (Å²) >= 11 is 0. The third-order valence-corrected chi connectivity index (χ3v) is 3.71. The number of hydrazine groups is 1. The average molecular weight is 234 g/mol. The van der Waals surface area contributed by atoms with Crippen LogP contribution in [0, 0.1) is 6.92 Å². The zero-order valence-corrected chi connectivity index (χ0v) is 10.8. The molecule has 1 aromatic rings. The van der Waals surface area contributed by atoms with Crippen LogP contribution >= 0.6 is 0 Å². The number of nitrogens with zero attached hydrogens (tertiary/aromatic N) is 2. The molecule has 0 amide bonds. The Kier molecular flexibility index (Phi) is 3.94. The second kappa shape index (κ2) is 5.45. The Morgan fingerprint density at radius 2 is 1.94 bits per heavy atom. The predicted octanol–water partition coefficient (Wildman–Crippen LogP) is 2.68. The lowest BCUT2D eigenvalue weighted by molar-refractivity contribution is 0.428. The van der Waals surface area contributed by atoms with Gasteiger partial charge >= 0.3 is 0 Å². The number of nitrogen functional groups attached to an aromatic ring is 1. The van der Waals surface area contributed by atoms with E-state index in [1.165, 1.54) is 32.1 Å². The summed E-state index contributed by atoms with van der Waals surface area (Å²) in [6.07, 6.45) is 7.32. The molecule has 1 aromatic heterocycles. The van der Waals surface area contributed by atoms with E-state index in [-0.39, 0.29) is 0 Å². The van der Waals surface area contributed by atoms with Crippen molar-refractivity contribution in [3.8, 4) is 0 Å². The molecule has 0 unspecified atom stereocenters. The van der Waals surface area contributed by atoms with Gasteiger partial charge in [-0.05, 0) is 26.2 Å². The van der Waals surface area contributed by atoms with E-state index in [4.69, 9.17) is 10.8 Å². The van der Waals surface area contributed by atoms with Gasteiger partial charge in [0.15, 0.2) is 0 Å². The Bertz CT molecular complexity index is 358. The highest BCUT2D eigenvalue weighted by molar-refractivity contribution is 5.45. The molecule has 94 valence electrons. The van der Waals surface area contributed by atoms with Crippen molar-refractivity contribution in [1.29, 1.82) is 0 Å². The first-order valence-corrected chi connectivity index (χ1v) is 6.60. The number of nitrogens with two attached hydrogens (primary N) is 1. The van der Waals surface area contributed by atoms with Crippen molar-refractivity contribution in [2.45, 2.75) is 58.3 Å². The van der Waals surface area contributed by atoms with Crippen molar-refractivity contribution in [1.82, 2.24) is 9.97 Å². The van der Waals surface area contributed by atoms with Gasteiger partial charge in [-0.15, -0.1) is 0 Å². The second-order valence-corrected chi connectivity index (χ2v) is 4.83. The molecule has 0 aromatic carbocycles. The topological polar surface area (TPSA) is 63.8 Å². The lowest BCUT2D eigenvalue weighted by Crippen LogP contribution is -2.17. The highest BCUT2D eigenvalue weighted by atomic mass is 15.3. The summed E-state index contributed by atoms with van der Waals surface area (Å²) in [5, 5.41) is 0. The van der Waals surface area contributed by atoms with E-state index in [9.17, 15) is 0 Å². The number of nitrogens with one attached hydrogen (secondary N) is 1. The van der Waals surface area contributed by atoms with Crippen molar-refractivity contribution in [2.24, 2.45) is 5.84 Å². The Hall–Kier alpha value is -1.16. The molecule has 1 aliphatic carbocycles. The maximum absolute atomic E-state index is 5.53. The largest absolute Gasteiger partial charge is 0.308 e. The summed E-state index contributed by atoms with van der Waals surface area (Å²) in [4.78, 5) is 9.29. The van der Waals surface area contributed by atoms with Crippen molar-refractivity contribution in [3.05, 3.63) is 17.1 Å². The number of aryl methyl sites for hydroxylation is 1. The highest BCUT2D eigenvalue weighted by Crippen LogP contribution is 2.32. The van der Waals surface area contributed by atoms with Gasteiger partial charge in [-0.25, -0.2) is 15.8 Å². The minimum Gasteiger partial charge on any atom is -0.308 e. The Morgan fingerprint density at radius 3 is 2.53 bits per heavy atom. The summed E-state index contributed by atoms with van der Waals surface area (Å²) < 4.78 is 0. The number of hydrogen-bond donors (Lipinski definition) is 2. The smallest absolute Gasteiger partial charge is 0.146 e. The van der Waals surface area contributed by atoms with Gasteiger partial charge in [0.2, 0.25) is 0 Å². The van der Waals surface area contributed by atoms with Crippen LogP contribution in [0.25, 0.3) is 0 Å². The van der Waals surface area contributed by atoms with Gasteiger partial charge in [-0.1, -0.05) is 26.2 Å².